The van der Waals surface area contributed by atoms with Crippen LogP contribution >= 0.6 is 0 Å². The molecule has 1 unspecified atom stereocenters. The van der Waals surface area contributed by atoms with E-state index in [0.717, 1.165) is 4.90 Å². The smallest absolute Gasteiger partial charge is 0.329 e. The highest BCUT2D eigenvalue weighted by Crippen LogP contribution is 2.25. The molecule has 1 atom stereocenters. The average molecular weight is 488 g/mol. The van der Waals surface area contributed by atoms with Crippen molar-refractivity contribution in [2.45, 2.75) is 31.7 Å². The van der Waals surface area contributed by atoms with Crippen molar-refractivity contribution in [2.24, 2.45) is 0 Å². The van der Waals surface area contributed by atoms with E-state index in [2.05, 4.69) is 5.32 Å². The lowest BCUT2D eigenvalue weighted by Gasteiger charge is -2.21. The monoisotopic (exact) mass is 487 g/mol. The Morgan fingerprint density at radius 3 is 2.15 bits per heavy atom. The summed E-state index contributed by atoms with van der Waals surface area (Å²) in [6.07, 6.45) is 0. The van der Waals surface area contributed by atoms with Gasteiger partial charge < -0.3 is 10.1 Å². The van der Waals surface area contributed by atoms with Crippen LogP contribution in [-0.4, -0.2) is 67.1 Å². The van der Waals surface area contributed by atoms with Gasteiger partial charge in [-0.05, 0) is 37.3 Å². The SMILES string of the molecule is CCN(CC)S(=O)(=O)c1cccc(NC(=O)COC(=O)C(C)N2C(=O)c3ccccc3C2=O)c1. The van der Waals surface area contributed by atoms with Gasteiger partial charge in [0.25, 0.3) is 17.7 Å². The van der Waals surface area contributed by atoms with Gasteiger partial charge in [-0.1, -0.05) is 32.0 Å². The molecule has 0 fully saturated rings. The molecule has 1 N–H and O–H groups in total. The molecule has 2 aromatic rings. The molecule has 3 amide bonds. The van der Waals surface area contributed by atoms with Crippen LogP contribution in [0.2, 0.25) is 0 Å². The number of fused-ring (bicyclic) bond motifs is 1. The molecule has 0 saturated carbocycles. The summed E-state index contributed by atoms with van der Waals surface area (Å²) in [5.74, 6) is -2.86. The molecule has 1 heterocycles. The van der Waals surface area contributed by atoms with Crippen LogP contribution in [0.4, 0.5) is 5.69 Å². The second kappa shape index (κ2) is 10.1. The Balaban J connectivity index is 1.61. The first-order valence-electron chi connectivity index (χ1n) is 10.6. The first-order valence-corrected chi connectivity index (χ1v) is 12.1. The van der Waals surface area contributed by atoms with Crippen molar-refractivity contribution in [3.05, 3.63) is 59.7 Å². The minimum atomic E-state index is -3.71. The zero-order valence-electron chi connectivity index (χ0n) is 19.0. The number of sulfonamides is 1. The zero-order valence-corrected chi connectivity index (χ0v) is 19.8. The predicted molar refractivity (Wildman–Crippen MR) is 123 cm³/mol. The maximum atomic E-state index is 12.7. The van der Waals surface area contributed by atoms with Crippen LogP contribution in [-0.2, 0) is 24.3 Å². The highest BCUT2D eigenvalue weighted by Gasteiger charge is 2.41. The molecule has 0 spiro atoms. The molecule has 0 bridgehead atoms. The quantitative estimate of drug-likeness (QED) is 0.422. The summed E-state index contributed by atoms with van der Waals surface area (Å²) in [6.45, 7) is 4.71. The largest absolute Gasteiger partial charge is 0.454 e. The van der Waals surface area contributed by atoms with Gasteiger partial charge in [0.15, 0.2) is 6.61 Å². The summed E-state index contributed by atoms with van der Waals surface area (Å²) in [4.78, 5) is 50.5. The van der Waals surface area contributed by atoms with Gasteiger partial charge >= 0.3 is 5.97 Å². The summed E-state index contributed by atoms with van der Waals surface area (Å²) in [5.41, 5.74) is 0.608. The van der Waals surface area contributed by atoms with E-state index in [4.69, 9.17) is 4.74 Å². The van der Waals surface area contributed by atoms with Crippen molar-refractivity contribution in [3.8, 4) is 0 Å². The second-order valence-electron chi connectivity index (χ2n) is 7.47. The Morgan fingerprint density at radius 2 is 1.59 bits per heavy atom. The zero-order chi connectivity index (χ0) is 25.0. The van der Waals surface area contributed by atoms with Gasteiger partial charge in [-0.15, -0.1) is 0 Å². The third-order valence-corrected chi connectivity index (χ3v) is 7.41. The Bertz CT molecular complexity index is 1200. The molecule has 10 nitrogen and oxygen atoms in total. The standard InChI is InChI=1S/C23H25N3O7S/c1-4-25(5-2)34(31,32)17-10-8-9-16(13-17)24-20(27)14-33-23(30)15(3)26-21(28)18-11-6-7-12-19(18)22(26)29/h6-13,15H,4-5,14H2,1-3H3,(H,24,27). The van der Waals surface area contributed by atoms with Crippen molar-refractivity contribution in [2.75, 3.05) is 25.0 Å². The number of anilines is 1. The molecule has 0 saturated heterocycles. The number of imide groups is 1. The first-order chi connectivity index (χ1) is 16.1. The van der Waals surface area contributed by atoms with Crippen LogP contribution in [0.3, 0.4) is 0 Å². The fourth-order valence-corrected chi connectivity index (χ4v) is 5.07. The van der Waals surface area contributed by atoms with E-state index in [1.165, 1.54) is 47.6 Å². The van der Waals surface area contributed by atoms with E-state index < -0.39 is 46.4 Å². The number of hydrogen-bond donors (Lipinski definition) is 1. The summed E-state index contributed by atoms with van der Waals surface area (Å²) in [6, 6.07) is 10.7. The number of carbonyl (C=O) groups is 4. The Kier molecular flexibility index (Phi) is 7.48. The van der Waals surface area contributed by atoms with Gasteiger partial charge in [-0.3, -0.25) is 19.3 Å². The molecule has 180 valence electrons. The minimum absolute atomic E-state index is 0.0187. The Labute approximate surface area is 197 Å². The number of benzene rings is 2. The van der Waals surface area contributed by atoms with E-state index in [-0.39, 0.29) is 21.7 Å². The first kappa shape index (κ1) is 25.1. The number of esters is 1. The highest BCUT2D eigenvalue weighted by molar-refractivity contribution is 7.89. The lowest BCUT2D eigenvalue weighted by molar-refractivity contribution is -0.150. The fourth-order valence-electron chi connectivity index (χ4n) is 3.57. The number of nitrogens with one attached hydrogen (secondary N) is 1. The van der Waals surface area contributed by atoms with Gasteiger partial charge in [-0.2, -0.15) is 4.31 Å². The normalized spacial score (nSPS) is 14.2. The number of ether oxygens (including phenoxy) is 1. The van der Waals surface area contributed by atoms with Crippen LogP contribution in [0.25, 0.3) is 0 Å². The third-order valence-electron chi connectivity index (χ3n) is 5.36. The van der Waals surface area contributed by atoms with Gasteiger partial charge in [0, 0.05) is 18.8 Å². The number of hydrogen-bond acceptors (Lipinski definition) is 7. The van der Waals surface area contributed by atoms with Crippen LogP contribution in [0.1, 0.15) is 41.5 Å². The molecular formula is C23H25N3O7S. The number of amides is 3. The van der Waals surface area contributed by atoms with Gasteiger partial charge in [0.1, 0.15) is 6.04 Å². The molecular weight excluding hydrogens is 462 g/mol. The molecule has 0 aliphatic carbocycles. The van der Waals surface area contributed by atoms with Crippen LogP contribution in [0.15, 0.2) is 53.4 Å². The molecule has 3 rings (SSSR count). The number of nitrogens with zero attached hydrogens (tertiary/aromatic N) is 2. The lowest BCUT2D eigenvalue weighted by Crippen LogP contribution is -2.44. The molecule has 34 heavy (non-hydrogen) atoms. The van der Waals surface area contributed by atoms with Crippen LogP contribution < -0.4 is 5.32 Å². The molecule has 1 aliphatic heterocycles. The molecule has 2 aromatic carbocycles. The van der Waals surface area contributed by atoms with Gasteiger partial charge in [-0.25, -0.2) is 13.2 Å². The summed E-state index contributed by atoms with van der Waals surface area (Å²) in [5, 5.41) is 2.48. The lowest BCUT2D eigenvalue weighted by atomic mass is 10.1. The Hall–Kier alpha value is -3.57. The summed E-state index contributed by atoms with van der Waals surface area (Å²) < 4.78 is 31.6. The van der Waals surface area contributed by atoms with E-state index in [1.54, 1.807) is 26.0 Å². The molecule has 11 heteroatoms. The molecule has 0 radical (unpaired) electrons. The van der Waals surface area contributed by atoms with E-state index in [0.29, 0.717) is 13.1 Å². The number of rotatable bonds is 9. The van der Waals surface area contributed by atoms with Crippen molar-refractivity contribution < 1.29 is 32.3 Å². The highest BCUT2D eigenvalue weighted by atomic mass is 32.2. The van der Waals surface area contributed by atoms with E-state index >= 15 is 0 Å². The predicted octanol–water partition coefficient (Wildman–Crippen LogP) is 1.88. The third kappa shape index (κ3) is 4.85. The summed E-state index contributed by atoms with van der Waals surface area (Å²) >= 11 is 0. The average Bonchev–Trinajstić information content (AvgIpc) is 3.08. The maximum absolute atomic E-state index is 12.7. The van der Waals surface area contributed by atoms with Crippen LogP contribution in [0, 0.1) is 0 Å². The summed E-state index contributed by atoms with van der Waals surface area (Å²) in [7, 11) is -3.71. The minimum Gasteiger partial charge on any atom is -0.454 e. The van der Waals surface area contributed by atoms with E-state index in [9.17, 15) is 27.6 Å². The van der Waals surface area contributed by atoms with E-state index in [1.807, 2.05) is 0 Å². The van der Waals surface area contributed by atoms with Crippen LogP contribution in [0.5, 0.6) is 0 Å². The van der Waals surface area contributed by atoms with Crippen molar-refractivity contribution in [1.82, 2.24) is 9.21 Å². The van der Waals surface area contributed by atoms with Crippen molar-refractivity contribution >= 4 is 39.4 Å². The number of carbonyl (C=O) groups excluding carboxylic acids is 4. The van der Waals surface area contributed by atoms with Crippen molar-refractivity contribution in [3.63, 3.8) is 0 Å². The van der Waals surface area contributed by atoms with Gasteiger partial charge in [0.05, 0.1) is 16.0 Å². The molecule has 0 aromatic heterocycles. The van der Waals surface area contributed by atoms with Crippen molar-refractivity contribution in [1.29, 1.82) is 0 Å². The second-order valence-corrected chi connectivity index (χ2v) is 9.41. The Morgan fingerprint density at radius 1 is 1.00 bits per heavy atom. The fraction of sp³-hybridized carbons (Fsp3) is 0.304. The topological polar surface area (TPSA) is 130 Å². The van der Waals surface area contributed by atoms with Gasteiger partial charge in [0.2, 0.25) is 10.0 Å². The molecule has 1 aliphatic rings. The maximum Gasteiger partial charge on any atom is 0.329 e.